The van der Waals surface area contributed by atoms with Crippen molar-refractivity contribution in [3.8, 4) is 56.8 Å². The lowest BCUT2D eigenvalue weighted by Gasteiger charge is -2.45. The van der Waals surface area contributed by atoms with E-state index in [0.717, 1.165) is 78.2 Å². The van der Waals surface area contributed by atoms with Gasteiger partial charge in [0.25, 0.3) is 0 Å². The Morgan fingerprint density at radius 2 is 0.984 bits per heavy atom. The molecule has 5 heteroatoms. The zero-order chi connectivity index (χ0) is 41.9. The van der Waals surface area contributed by atoms with Crippen molar-refractivity contribution in [1.82, 2.24) is 19.1 Å². The first-order valence-corrected chi connectivity index (χ1v) is 21.8. The summed E-state index contributed by atoms with van der Waals surface area (Å²) in [6.07, 6.45) is 0. The largest absolute Gasteiger partial charge is 0.456 e. The molecule has 0 fully saturated rings. The molecule has 0 aliphatic carbocycles. The van der Waals surface area contributed by atoms with Gasteiger partial charge in [-0.05, 0) is 59.7 Å². The fraction of sp³-hybridized carbons (Fsp3) is 0.0169. The quantitative estimate of drug-likeness (QED) is 0.178. The number of benzene rings is 9. The number of nitrogens with zero attached hydrogens (tertiary/aromatic N) is 4. The molecule has 12 aromatic rings. The van der Waals surface area contributed by atoms with E-state index in [4.69, 9.17) is 14.7 Å². The van der Waals surface area contributed by atoms with Gasteiger partial charge in [-0.25, -0.2) is 9.97 Å². The van der Waals surface area contributed by atoms with Gasteiger partial charge < -0.3 is 13.9 Å². The second-order valence-corrected chi connectivity index (χ2v) is 16.8. The number of hydrogen-bond acceptors (Lipinski definition) is 3. The fourth-order valence-corrected chi connectivity index (χ4v) is 11.0. The highest BCUT2D eigenvalue weighted by atomic mass is 16.5. The smallest absolute Gasteiger partial charge is 0.160 e. The Bertz CT molecular complexity index is 3810. The van der Waals surface area contributed by atoms with Crippen LogP contribution in [-0.2, 0) is 5.41 Å². The van der Waals surface area contributed by atoms with Crippen LogP contribution in [0.15, 0.2) is 218 Å². The maximum atomic E-state index is 7.27. The lowest BCUT2D eigenvalue weighted by molar-refractivity contribution is 0.439. The third-order valence-corrected chi connectivity index (χ3v) is 13.6. The Labute approximate surface area is 368 Å². The molecule has 5 nitrogen and oxygen atoms in total. The normalized spacial score (nSPS) is 14.8. The van der Waals surface area contributed by atoms with E-state index in [9.17, 15) is 0 Å². The van der Waals surface area contributed by atoms with Gasteiger partial charge in [0.15, 0.2) is 5.82 Å². The molecular formula is C59H36N4O. The standard InChI is InChI=1S/C59H36N4O/c1-3-16-37(17-4-1)48-36-49(61-58(60-48)39-18-5-2-6-19-39)38-30-32-40(33-31-38)62-51-27-12-8-21-43(51)55-53(62)35-34-47-57(55)64-54-29-14-10-24-45(54)59(47)44-23-9-13-28-52(44)63-50-26-11-7-20-41(50)42-22-15-25-46(59)56(42)63/h1-36H. The minimum Gasteiger partial charge on any atom is -0.456 e. The minimum absolute atomic E-state index is 0.654. The molecule has 0 bridgehead atoms. The zero-order valence-corrected chi connectivity index (χ0v) is 34.5. The molecule has 5 heterocycles. The number of ether oxygens (including phenoxy) is 1. The molecule has 0 saturated carbocycles. The number of rotatable bonds is 4. The van der Waals surface area contributed by atoms with Gasteiger partial charge >= 0.3 is 0 Å². The minimum atomic E-state index is -0.654. The maximum absolute atomic E-state index is 7.27. The molecule has 1 spiro atoms. The molecule has 298 valence electrons. The first kappa shape index (κ1) is 35.1. The van der Waals surface area contributed by atoms with E-state index in [1.54, 1.807) is 0 Å². The Morgan fingerprint density at radius 3 is 1.77 bits per heavy atom. The van der Waals surface area contributed by atoms with Gasteiger partial charge in [0.2, 0.25) is 0 Å². The van der Waals surface area contributed by atoms with Gasteiger partial charge in [-0.3, -0.25) is 0 Å². The number of fused-ring (bicyclic) bond motifs is 15. The van der Waals surface area contributed by atoms with Crippen molar-refractivity contribution in [3.63, 3.8) is 0 Å². The molecule has 9 aromatic carbocycles. The molecule has 2 aliphatic heterocycles. The van der Waals surface area contributed by atoms with Crippen molar-refractivity contribution in [2.45, 2.75) is 5.41 Å². The van der Waals surface area contributed by atoms with Gasteiger partial charge in [-0.1, -0.05) is 170 Å². The highest BCUT2D eigenvalue weighted by Gasteiger charge is 2.50. The third kappa shape index (κ3) is 4.72. The van der Waals surface area contributed by atoms with Gasteiger partial charge in [0.1, 0.15) is 11.5 Å². The molecule has 0 radical (unpaired) electrons. The van der Waals surface area contributed by atoms with Crippen molar-refractivity contribution in [3.05, 3.63) is 241 Å². The van der Waals surface area contributed by atoms with Crippen molar-refractivity contribution in [1.29, 1.82) is 0 Å². The summed E-state index contributed by atoms with van der Waals surface area (Å²) in [4.78, 5) is 10.1. The van der Waals surface area contributed by atoms with Gasteiger partial charge in [0, 0.05) is 49.7 Å². The molecule has 64 heavy (non-hydrogen) atoms. The van der Waals surface area contributed by atoms with Gasteiger partial charge in [-0.2, -0.15) is 0 Å². The lowest BCUT2D eigenvalue weighted by Crippen LogP contribution is -2.37. The molecular weight excluding hydrogens is 781 g/mol. The lowest BCUT2D eigenvalue weighted by atomic mass is 9.61. The van der Waals surface area contributed by atoms with Crippen molar-refractivity contribution in [2.24, 2.45) is 0 Å². The van der Waals surface area contributed by atoms with Crippen LogP contribution < -0.4 is 4.74 Å². The Morgan fingerprint density at radius 1 is 0.391 bits per heavy atom. The summed E-state index contributed by atoms with van der Waals surface area (Å²) >= 11 is 0. The van der Waals surface area contributed by atoms with E-state index in [2.05, 4.69) is 203 Å². The van der Waals surface area contributed by atoms with E-state index in [-0.39, 0.29) is 0 Å². The summed E-state index contributed by atoms with van der Waals surface area (Å²) < 4.78 is 12.1. The van der Waals surface area contributed by atoms with E-state index < -0.39 is 5.41 Å². The zero-order valence-electron chi connectivity index (χ0n) is 34.5. The predicted octanol–water partition coefficient (Wildman–Crippen LogP) is 14.5. The second kappa shape index (κ2) is 13.2. The van der Waals surface area contributed by atoms with E-state index in [1.165, 1.54) is 38.6 Å². The molecule has 0 N–H and O–H groups in total. The Hall–Kier alpha value is -8.54. The highest BCUT2D eigenvalue weighted by molar-refractivity contribution is 6.15. The number of aromatic nitrogens is 4. The molecule has 2 aliphatic rings. The van der Waals surface area contributed by atoms with E-state index in [0.29, 0.717) is 5.82 Å². The van der Waals surface area contributed by atoms with Crippen LogP contribution in [0.1, 0.15) is 22.3 Å². The first-order chi connectivity index (χ1) is 31.8. The summed E-state index contributed by atoms with van der Waals surface area (Å²) in [5, 5.41) is 4.74. The van der Waals surface area contributed by atoms with Crippen molar-refractivity contribution < 1.29 is 4.74 Å². The second-order valence-electron chi connectivity index (χ2n) is 16.8. The van der Waals surface area contributed by atoms with Crippen LogP contribution in [-0.4, -0.2) is 19.1 Å². The summed E-state index contributed by atoms with van der Waals surface area (Å²) in [5.74, 6) is 2.46. The van der Waals surface area contributed by atoms with E-state index >= 15 is 0 Å². The molecule has 14 rings (SSSR count). The summed E-state index contributed by atoms with van der Waals surface area (Å²) in [6, 6.07) is 78.1. The van der Waals surface area contributed by atoms with E-state index in [1.807, 2.05) is 24.3 Å². The topological polar surface area (TPSA) is 44.9 Å². The summed E-state index contributed by atoms with van der Waals surface area (Å²) in [7, 11) is 0. The Balaban J connectivity index is 0.996. The monoisotopic (exact) mass is 816 g/mol. The van der Waals surface area contributed by atoms with Crippen LogP contribution in [0.5, 0.6) is 11.5 Å². The maximum Gasteiger partial charge on any atom is 0.160 e. The van der Waals surface area contributed by atoms with Crippen molar-refractivity contribution in [2.75, 3.05) is 0 Å². The molecule has 1 atom stereocenters. The van der Waals surface area contributed by atoms with Crippen LogP contribution in [0.2, 0.25) is 0 Å². The average molecular weight is 817 g/mol. The molecule has 3 aromatic heterocycles. The Kier molecular flexibility index (Phi) is 7.26. The molecule has 1 unspecified atom stereocenters. The number of para-hydroxylation sites is 5. The van der Waals surface area contributed by atoms with Gasteiger partial charge in [-0.15, -0.1) is 0 Å². The summed E-state index contributed by atoms with van der Waals surface area (Å²) in [6.45, 7) is 0. The van der Waals surface area contributed by atoms with Crippen LogP contribution in [0, 0.1) is 0 Å². The predicted molar refractivity (Wildman–Crippen MR) is 259 cm³/mol. The molecule has 0 saturated heterocycles. The third-order valence-electron chi connectivity index (χ3n) is 13.6. The highest BCUT2D eigenvalue weighted by Crippen LogP contribution is 2.62. The molecule has 0 amide bonds. The van der Waals surface area contributed by atoms with Crippen LogP contribution in [0.4, 0.5) is 0 Å². The summed E-state index contributed by atoms with van der Waals surface area (Å²) in [5.41, 5.74) is 15.8. The van der Waals surface area contributed by atoms with Crippen LogP contribution in [0.25, 0.3) is 88.9 Å². The SMILES string of the molecule is c1ccc(-c2cc(-c3ccc(-n4c5ccccc5c5c6c(ccc54)C4(c5ccccc5O6)c5ccccc5-n5c6ccccc6c6cccc4c65)cc3)nc(-c3ccccc3)n2)cc1. The van der Waals surface area contributed by atoms with Crippen molar-refractivity contribution >= 4 is 43.6 Å². The van der Waals surface area contributed by atoms with Crippen LogP contribution >= 0.6 is 0 Å². The van der Waals surface area contributed by atoms with Crippen LogP contribution in [0.3, 0.4) is 0 Å². The number of hydrogen-bond donors (Lipinski definition) is 0. The first-order valence-electron chi connectivity index (χ1n) is 21.8. The average Bonchev–Trinajstić information content (AvgIpc) is 3.90. The fourth-order valence-electron chi connectivity index (χ4n) is 11.0. The van der Waals surface area contributed by atoms with Gasteiger partial charge in [0.05, 0.1) is 49.9 Å².